The standard InChI is InChI=1S/C14H13.2ClH.Zr/c1-10-8-12-7-6-11-4-2-3-5-13(11)14(12)9-10;;;/h3,5-9H,2,4H2,1H3;2*1H;/q;;;+2/p-2. The first kappa shape index (κ1) is 15.2. The van der Waals surface area contributed by atoms with Crippen molar-refractivity contribution in [1.29, 1.82) is 0 Å². The van der Waals surface area contributed by atoms with Gasteiger partial charge in [-0.05, 0) is 0 Å². The fraction of sp³-hybridized carbons (Fsp3) is 0.286. The van der Waals surface area contributed by atoms with Gasteiger partial charge in [0.2, 0.25) is 0 Å². The number of fused-ring (bicyclic) bond motifs is 3. The molecule has 0 bridgehead atoms. The van der Waals surface area contributed by atoms with Crippen molar-refractivity contribution in [3.63, 3.8) is 0 Å². The molecule has 17 heavy (non-hydrogen) atoms. The van der Waals surface area contributed by atoms with E-state index in [4.69, 9.17) is 0 Å². The summed E-state index contributed by atoms with van der Waals surface area (Å²) in [5, 5.41) is 0. The Morgan fingerprint density at radius 1 is 1.18 bits per heavy atom. The molecule has 0 fully saturated rings. The molecule has 3 heteroatoms. The summed E-state index contributed by atoms with van der Waals surface area (Å²) in [6.45, 7) is 2.26. The van der Waals surface area contributed by atoms with Crippen molar-refractivity contribution in [1.82, 2.24) is 0 Å². The molecule has 0 saturated heterocycles. The second kappa shape index (κ2) is 5.87. The van der Waals surface area contributed by atoms with E-state index in [1.54, 1.807) is 30.3 Å². The van der Waals surface area contributed by atoms with Gasteiger partial charge in [-0.2, -0.15) is 0 Å². The summed E-state index contributed by atoms with van der Waals surface area (Å²) in [7, 11) is 0. The van der Waals surface area contributed by atoms with Gasteiger partial charge in [-0.15, -0.1) is 0 Å². The van der Waals surface area contributed by atoms with E-state index < -0.39 is 0 Å². The van der Waals surface area contributed by atoms with Crippen LogP contribution in [0.4, 0.5) is 0 Å². The van der Waals surface area contributed by atoms with Crippen LogP contribution in [0.3, 0.4) is 0 Å². The van der Waals surface area contributed by atoms with Crippen LogP contribution < -0.4 is 24.8 Å². The monoisotopic (exact) mass is 341 g/mol. The Labute approximate surface area is 130 Å². The molecule has 1 unspecified atom stereocenters. The first-order chi connectivity index (χ1) is 7.27. The van der Waals surface area contributed by atoms with Gasteiger partial charge in [0.05, 0.1) is 0 Å². The van der Waals surface area contributed by atoms with Crippen LogP contribution in [0.15, 0.2) is 23.8 Å². The van der Waals surface area contributed by atoms with Crippen molar-refractivity contribution in [2.75, 3.05) is 0 Å². The first-order valence-corrected chi connectivity index (χ1v) is 6.91. The van der Waals surface area contributed by atoms with Gasteiger partial charge in [0.25, 0.3) is 0 Å². The normalized spacial score (nSPS) is 19.7. The summed E-state index contributed by atoms with van der Waals surface area (Å²) in [5.74, 6) is 0. The Morgan fingerprint density at radius 3 is 2.71 bits per heavy atom. The van der Waals surface area contributed by atoms with Crippen molar-refractivity contribution in [3.8, 4) is 0 Å². The predicted molar refractivity (Wildman–Crippen MR) is 60.2 cm³/mol. The van der Waals surface area contributed by atoms with Gasteiger partial charge in [0.1, 0.15) is 0 Å². The van der Waals surface area contributed by atoms with Crippen molar-refractivity contribution in [2.45, 2.75) is 23.4 Å². The van der Waals surface area contributed by atoms with E-state index >= 15 is 0 Å². The molecule has 0 aliphatic heterocycles. The van der Waals surface area contributed by atoms with Gasteiger partial charge >= 0.3 is 106 Å². The fourth-order valence-corrected chi connectivity index (χ4v) is 3.35. The molecule has 2 aliphatic rings. The van der Waals surface area contributed by atoms with Crippen LogP contribution >= 0.6 is 0 Å². The second-order valence-corrected chi connectivity index (χ2v) is 5.82. The summed E-state index contributed by atoms with van der Waals surface area (Å²) in [4.78, 5) is 0. The number of allylic oxidation sites excluding steroid dienone is 2. The third-order valence-corrected chi connectivity index (χ3v) is 5.30. The summed E-state index contributed by atoms with van der Waals surface area (Å²) >= 11 is 1.61. The van der Waals surface area contributed by atoms with Crippen LogP contribution in [-0.2, 0) is 31.1 Å². The molecule has 1 aromatic rings. The minimum Gasteiger partial charge on any atom is -1.00 e. The van der Waals surface area contributed by atoms with Gasteiger partial charge < -0.3 is 24.8 Å². The quantitative estimate of drug-likeness (QED) is 0.495. The third-order valence-electron chi connectivity index (χ3n) is 3.41. The minimum absolute atomic E-state index is 0. The third kappa shape index (κ3) is 2.48. The molecule has 1 aromatic carbocycles. The smallest absolute Gasteiger partial charge is 1.00 e. The number of hydrogen-bond acceptors (Lipinski definition) is 0. The Balaban J connectivity index is 0.000000722. The van der Waals surface area contributed by atoms with Gasteiger partial charge in [-0.25, -0.2) is 0 Å². The largest absolute Gasteiger partial charge is 1.00 e. The summed E-state index contributed by atoms with van der Waals surface area (Å²) in [6, 6.07) is 4.68. The van der Waals surface area contributed by atoms with Crippen LogP contribution in [0.2, 0.25) is 0 Å². The van der Waals surface area contributed by atoms with Crippen LogP contribution in [0.1, 0.15) is 39.2 Å². The molecule has 0 spiro atoms. The van der Waals surface area contributed by atoms with Gasteiger partial charge in [0.15, 0.2) is 0 Å². The molecule has 0 heterocycles. The Hall–Kier alpha value is 0.163. The van der Waals surface area contributed by atoms with Crippen molar-refractivity contribution in [2.24, 2.45) is 0 Å². The van der Waals surface area contributed by atoms with E-state index in [1.165, 1.54) is 35.1 Å². The number of halogens is 2. The van der Waals surface area contributed by atoms with Crippen LogP contribution in [0, 0.1) is 0 Å². The molecular formula is C14H13Cl2Zr. The maximum absolute atomic E-state index is 2.39. The molecule has 2 aliphatic carbocycles. The molecule has 0 aromatic heterocycles. The molecule has 0 radical (unpaired) electrons. The van der Waals surface area contributed by atoms with E-state index in [-0.39, 0.29) is 24.8 Å². The molecule has 0 nitrogen and oxygen atoms in total. The Bertz CT molecular complexity index is 489. The SMILES string of the molecule is CC1=Cc2c(ccc3c2C=CCC3)[CH]1[Zr+2].[Cl-].[Cl-]. The zero-order chi connectivity index (χ0) is 10.4. The average Bonchev–Trinajstić information content (AvgIpc) is 2.56. The Morgan fingerprint density at radius 2 is 1.94 bits per heavy atom. The van der Waals surface area contributed by atoms with Gasteiger partial charge in [-0.3, -0.25) is 0 Å². The van der Waals surface area contributed by atoms with E-state index in [1.807, 2.05) is 0 Å². The van der Waals surface area contributed by atoms with E-state index in [9.17, 15) is 0 Å². The van der Waals surface area contributed by atoms with Crippen LogP contribution in [0.5, 0.6) is 0 Å². The molecule has 0 saturated carbocycles. The van der Waals surface area contributed by atoms with Crippen LogP contribution in [-0.4, -0.2) is 0 Å². The maximum Gasteiger partial charge on any atom is -1.00 e. The summed E-state index contributed by atoms with van der Waals surface area (Å²) in [6.07, 6.45) is 9.43. The van der Waals surface area contributed by atoms with Gasteiger partial charge in [0, 0.05) is 0 Å². The molecule has 87 valence electrons. The predicted octanol–water partition coefficient (Wildman–Crippen LogP) is -2.34. The zero-order valence-corrected chi connectivity index (χ0v) is 13.6. The fourth-order valence-electron chi connectivity index (χ4n) is 2.52. The number of benzene rings is 1. The van der Waals surface area contributed by atoms with E-state index in [0.717, 1.165) is 0 Å². The number of aryl methyl sites for hydroxylation is 1. The minimum atomic E-state index is 0. The Kier molecular flexibility index (Phi) is 5.26. The number of rotatable bonds is 0. The van der Waals surface area contributed by atoms with E-state index in [0.29, 0.717) is 3.63 Å². The summed E-state index contributed by atoms with van der Waals surface area (Å²) < 4.78 is 0.702. The second-order valence-electron chi connectivity index (χ2n) is 4.40. The van der Waals surface area contributed by atoms with E-state index in [2.05, 4.69) is 37.3 Å². The molecule has 1 atom stereocenters. The van der Waals surface area contributed by atoms with Crippen LogP contribution in [0.25, 0.3) is 12.2 Å². The first-order valence-electron chi connectivity index (χ1n) is 5.49. The molecule has 0 amide bonds. The van der Waals surface area contributed by atoms with Gasteiger partial charge in [-0.1, -0.05) is 0 Å². The maximum atomic E-state index is 2.39. The van der Waals surface area contributed by atoms with Crippen molar-refractivity contribution < 1.29 is 49.5 Å². The molecular weight excluding hydrogens is 330 g/mol. The zero-order valence-electron chi connectivity index (χ0n) is 9.63. The average molecular weight is 343 g/mol. The topological polar surface area (TPSA) is 0 Å². The van der Waals surface area contributed by atoms with Crippen molar-refractivity contribution >= 4 is 12.2 Å². The molecule has 0 N–H and O–H groups in total. The molecule has 3 rings (SSSR count). The van der Waals surface area contributed by atoms with Crippen molar-refractivity contribution in [3.05, 3.63) is 46.0 Å². The summed E-state index contributed by atoms with van der Waals surface area (Å²) in [5.41, 5.74) is 7.61. The number of hydrogen-bond donors (Lipinski definition) is 0.